The number of nitrogens with one attached hydrogen (secondary N) is 1. The van der Waals surface area contributed by atoms with E-state index < -0.39 is 17.6 Å². The fourth-order valence-corrected chi connectivity index (χ4v) is 3.01. The summed E-state index contributed by atoms with van der Waals surface area (Å²) < 4.78 is 38.2. The second kappa shape index (κ2) is 6.05. The molecule has 2 heterocycles. The van der Waals surface area contributed by atoms with Gasteiger partial charge in [0.15, 0.2) is 0 Å². The number of alkyl halides is 3. The lowest BCUT2D eigenvalue weighted by Crippen LogP contribution is -2.36. The molecule has 1 aliphatic rings. The summed E-state index contributed by atoms with van der Waals surface area (Å²) in [4.78, 5) is 19.5. The number of aromatic amines is 1. The molecule has 4 nitrogen and oxygen atoms in total. The Morgan fingerprint density at radius 3 is 2.71 bits per heavy atom. The molecule has 0 radical (unpaired) electrons. The average molecular weight is 337 g/mol. The van der Waals surface area contributed by atoms with Gasteiger partial charge in [0, 0.05) is 26.1 Å². The Hall–Kier alpha value is -2.15. The molecule has 3 rings (SSSR count). The van der Waals surface area contributed by atoms with Gasteiger partial charge in [0.05, 0.1) is 11.3 Å². The Bertz CT molecular complexity index is 827. The highest BCUT2D eigenvalue weighted by Gasteiger charge is 2.35. The number of aryl methyl sites for hydroxylation is 2. The maximum Gasteiger partial charge on any atom is 0.449 e. The standard InChI is InChI=1S/C17H18F3N3O/c1-10-3-4-12(11(2)7-10)8-23-6-5-14-13(9-23)15(24)22-16(21-14)17(18,19)20/h3-4,7H,5-6,8-9H2,1-2H3,(H,21,22,24). The summed E-state index contributed by atoms with van der Waals surface area (Å²) in [7, 11) is 0. The summed E-state index contributed by atoms with van der Waals surface area (Å²) in [6.45, 7) is 5.60. The van der Waals surface area contributed by atoms with E-state index in [9.17, 15) is 18.0 Å². The Balaban J connectivity index is 1.83. The number of aromatic nitrogens is 2. The first-order valence-corrected chi connectivity index (χ1v) is 7.72. The van der Waals surface area contributed by atoms with Crippen LogP contribution in [0.5, 0.6) is 0 Å². The summed E-state index contributed by atoms with van der Waals surface area (Å²) >= 11 is 0. The molecule has 0 atom stereocenters. The van der Waals surface area contributed by atoms with Crippen LogP contribution in [0.25, 0.3) is 0 Å². The van der Waals surface area contributed by atoms with Crippen LogP contribution >= 0.6 is 0 Å². The maximum atomic E-state index is 12.7. The van der Waals surface area contributed by atoms with Crippen LogP contribution in [0.4, 0.5) is 13.2 Å². The number of hydrogen-bond acceptors (Lipinski definition) is 3. The van der Waals surface area contributed by atoms with Crippen LogP contribution in [0.2, 0.25) is 0 Å². The molecular weight excluding hydrogens is 319 g/mol. The van der Waals surface area contributed by atoms with Crippen molar-refractivity contribution in [3.63, 3.8) is 0 Å². The largest absolute Gasteiger partial charge is 0.449 e. The Morgan fingerprint density at radius 1 is 1.29 bits per heavy atom. The minimum Gasteiger partial charge on any atom is -0.303 e. The van der Waals surface area contributed by atoms with E-state index in [2.05, 4.69) is 22.0 Å². The zero-order valence-electron chi connectivity index (χ0n) is 13.5. The fourth-order valence-electron chi connectivity index (χ4n) is 3.01. The van der Waals surface area contributed by atoms with Gasteiger partial charge in [-0.3, -0.25) is 9.69 Å². The van der Waals surface area contributed by atoms with E-state index in [1.54, 1.807) is 0 Å². The number of hydrogen-bond donors (Lipinski definition) is 1. The van der Waals surface area contributed by atoms with Crippen molar-refractivity contribution >= 4 is 0 Å². The molecule has 0 saturated heterocycles. The van der Waals surface area contributed by atoms with E-state index in [1.165, 1.54) is 11.1 Å². The third kappa shape index (κ3) is 3.36. The van der Waals surface area contributed by atoms with E-state index in [1.807, 2.05) is 24.9 Å². The van der Waals surface area contributed by atoms with E-state index in [0.717, 1.165) is 5.56 Å². The van der Waals surface area contributed by atoms with Crippen molar-refractivity contribution in [2.75, 3.05) is 6.54 Å². The molecule has 0 unspecified atom stereocenters. The second-order valence-corrected chi connectivity index (χ2v) is 6.23. The lowest BCUT2D eigenvalue weighted by atomic mass is 10.0. The lowest BCUT2D eigenvalue weighted by Gasteiger charge is -2.28. The molecule has 0 aliphatic carbocycles. The molecule has 0 amide bonds. The van der Waals surface area contributed by atoms with Crippen LogP contribution in [0.1, 0.15) is 33.8 Å². The SMILES string of the molecule is Cc1ccc(CN2CCc3nc(C(F)(F)F)[nH]c(=O)c3C2)c(C)c1. The number of halogens is 3. The van der Waals surface area contributed by atoms with Crippen molar-refractivity contribution in [3.05, 3.63) is 62.3 Å². The van der Waals surface area contributed by atoms with Crippen molar-refractivity contribution in [3.8, 4) is 0 Å². The zero-order chi connectivity index (χ0) is 17.5. The fraction of sp³-hybridized carbons (Fsp3) is 0.412. The number of H-pyrrole nitrogens is 1. The van der Waals surface area contributed by atoms with E-state index in [-0.39, 0.29) is 5.69 Å². The summed E-state index contributed by atoms with van der Waals surface area (Å²) in [5.74, 6) is -1.21. The molecule has 128 valence electrons. The second-order valence-electron chi connectivity index (χ2n) is 6.23. The first kappa shape index (κ1) is 16.7. The number of rotatable bonds is 2. The molecule has 24 heavy (non-hydrogen) atoms. The van der Waals surface area contributed by atoms with Crippen molar-refractivity contribution in [1.29, 1.82) is 0 Å². The van der Waals surface area contributed by atoms with Gasteiger partial charge in [-0.25, -0.2) is 4.98 Å². The van der Waals surface area contributed by atoms with Crippen LogP contribution in [0, 0.1) is 13.8 Å². The number of nitrogens with zero attached hydrogens (tertiary/aromatic N) is 2. The highest BCUT2D eigenvalue weighted by molar-refractivity contribution is 5.31. The quantitative estimate of drug-likeness (QED) is 0.917. The van der Waals surface area contributed by atoms with Gasteiger partial charge in [0.2, 0.25) is 5.82 Å². The Kier molecular flexibility index (Phi) is 4.21. The Morgan fingerprint density at radius 2 is 2.04 bits per heavy atom. The third-order valence-corrected chi connectivity index (χ3v) is 4.31. The number of fused-ring (bicyclic) bond motifs is 1. The van der Waals surface area contributed by atoms with Gasteiger partial charge in [-0.15, -0.1) is 0 Å². The zero-order valence-corrected chi connectivity index (χ0v) is 13.5. The molecule has 7 heteroatoms. The average Bonchev–Trinajstić information content (AvgIpc) is 2.49. The van der Waals surface area contributed by atoms with Crippen LogP contribution in [0.15, 0.2) is 23.0 Å². The first-order valence-electron chi connectivity index (χ1n) is 7.72. The molecule has 2 aromatic rings. The molecule has 1 aromatic carbocycles. The van der Waals surface area contributed by atoms with Gasteiger partial charge in [-0.2, -0.15) is 13.2 Å². The van der Waals surface area contributed by atoms with Crippen molar-refractivity contribution in [2.24, 2.45) is 0 Å². The molecule has 1 N–H and O–H groups in total. The summed E-state index contributed by atoms with van der Waals surface area (Å²) in [5, 5.41) is 0. The van der Waals surface area contributed by atoms with Gasteiger partial charge in [-0.1, -0.05) is 23.8 Å². The van der Waals surface area contributed by atoms with Crippen LogP contribution in [-0.4, -0.2) is 21.4 Å². The van der Waals surface area contributed by atoms with E-state index in [0.29, 0.717) is 31.6 Å². The summed E-state index contributed by atoms with van der Waals surface area (Å²) in [6, 6.07) is 6.18. The molecule has 1 aliphatic heterocycles. The molecule has 0 spiro atoms. The van der Waals surface area contributed by atoms with Gasteiger partial charge in [-0.05, 0) is 25.0 Å². The van der Waals surface area contributed by atoms with E-state index >= 15 is 0 Å². The van der Waals surface area contributed by atoms with Gasteiger partial charge >= 0.3 is 6.18 Å². The van der Waals surface area contributed by atoms with Crippen molar-refractivity contribution in [1.82, 2.24) is 14.9 Å². The van der Waals surface area contributed by atoms with Crippen LogP contribution < -0.4 is 5.56 Å². The highest BCUT2D eigenvalue weighted by Crippen LogP contribution is 2.27. The van der Waals surface area contributed by atoms with E-state index in [4.69, 9.17) is 0 Å². The minimum atomic E-state index is -4.63. The normalized spacial score (nSPS) is 15.4. The first-order chi connectivity index (χ1) is 11.2. The number of benzene rings is 1. The predicted molar refractivity (Wildman–Crippen MR) is 83.6 cm³/mol. The van der Waals surface area contributed by atoms with Crippen molar-refractivity contribution < 1.29 is 13.2 Å². The van der Waals surface area contributed by atoms with Gasteiger partial charge in [0.1, 0.15) is 0 Å². The molecule has 0 saturated carbocycles. The topological polar surface area (TPSA) is 49.0 Å². The Labute approximate surface area is 137 Å². The summed E-state index contributed by atoms with van der Waals surface area (Å²) in [6.07, 6.45) is -4.29. The third-order valence-electron chi connectivity index (χ3n) is 4.31. The smallest absolute Gasteiger partial charge is 0.303 e. The van der Waals surface area contributed by atoms with Gasteiger partial charge in [0.25, 0.3) is 5.56 Å². The molecule has 0 bridgehead atoms. The molecular formula is C17H18F3N3O. The monoisotopic (exact) mass is 337 g/mol. The van der Waals surface area contributed by atoms with Crippen LogP contribution in [0.3, 0.4) is 0 Å². The van der Waals surface area contributed by atoms with Gasteiger partial charge < -0.3 is 4.98 Å². The molecule has 1 aromatic heterocycles. The predicted octanol–water partition coefficient (Wildman–Crippen LogP) is 2.96. The highest BCUT2D eigenvalue weighted by atomic mass is 19.4. The maximum absolute atomic E-state index is 12.7. The van der Waals surface area contributed by atoms with Crippen molar-refractivity contribution in [2.45, 2.75) is 39.5 Å². The summed E-state index contributed by atoms with van der Waals surface area (Å²) in [5.41, 5.74) is 3.39. The van der Waals surface area contributed by atoms with Crippen LogP contribution in [-0.2, 0) is 25.7 Å². The lowest BCUT2D eigenvalue weighted by molar-refractivity contribution is -0.145. The molecule has 0 fully saturated rings. The minimum absolute atomic E-state index is 0.253.